The summed E-state index contributed by atoms with van der Waals surface area (Å²) in [6.07, 6.45) is 3.48. The van der Waals surface area contributed by atoms with Crippen LogP contribution in [0, 0.1) is 0 Å². The Kier molecular flexibility index (Phi) is 8.98. The summed E-state index contributed by atoms with van der Waals surface area (Å²) in [5.74, 6) is 0.0000381. The number of ether oxygens (including phenoxy) is 1. The third kappa shape index (κ3) is 6.75. The van der Waals surface area contributed by atoms with E-state index in [1.807, 2.05) is 37.4 Å². The number of carbonyl (C=O) groups excluding carboxylic acids is 1. The number of hydrogen-bond donors (Lipinski definition) is 1. The fraction of sp³-hybridized carbons (Fsp3) is 0.167. The predicted octanol–water partition coefficient (Wildman–Crippen LogP) is 4.81. The number of nitrogens with one attached hydrogen (secondary N) is 1. The van der Waals surface area contributed by atoms with E-state index in [4.69, 9.17) is 16.3 Å². The lowest BCUT2D eigenvalue weighted by Gasteiger charge is -2.24. The zero-order valence-corrected chi connectivity index (χ0v) is 21.0. The van der Waals surface area contributed by atoms with Crippen LogP contribution in [0.5, 0.6) is 5.75 Å². The summed E-state index contributed by atoms with van der Waals surface area (Å²) in [6, 6.07) is 19.9. The fourth-order valence-corrected chi connectivity index (χ4v) is 4.91. The van der Waals surface area contributed by atoms with Crippen molar-refractivity contribution in [3.8, 4) is 5.75 Å². The van der Waals surface area contributed by atoms with E-state index in [1.54, 1.807) is 36.0 Å². The molecule has 0 bridgehead atoms. The third-order valence-corrected chi connectivity index (χ3v) is 7.43. The molecule has 0 heterocycles. The van der Waals surface area contributed by atoms with Crippen LogP contribution >= 0.6 is 23.4 Å². The van der Waals surface area contributed by atoms with Gasteiger partial charge in [-0.25, -0.2) is 13.8 Å². The summed E-state index contributed by atoms with van der Waals surface area (Å²) in [5.41, 5.74) is 3.51. The maximum atomic E-state index is 13.4. The first kappa shape index (κ1) is 25.6. The first-order valence-electron chi connectivity index (χ1n) is 10.3. The first-order valence-corrected chi connectivity index (χ1v) is 13.3. The Labute approximate surface area is 208 Å². The number of hydrogen-bond acceptors (Lipinski definition) is 6. The Morgan fingerprint density at radius 2 is 1.71 bits per heavy atom. The van der Waals surface area contributed by atoms with E-state index in [0.717, 1.165) is 14.8 Å². The van der Waals surface area contributed by atoms with Gasteiger partial charge in [0.05, 0.1) is 23.4 Å². The van der Waals surface area contributed by atoms with Crippen LogP contribution in [0.15, 0.2) is 87.7 Å². The number of carbonyl (C=O) groups is 1. The Morgan fingerprint density at radius 1 is 1.06 bits per heavy atom. The summed E-state index contributed by atoms with van der Waals surface area (Å²) in [7, 11) is -4.06. The molecule has 10 heteroatoms. The van der Waals surface area contributed by atoms with Gasteiger partial charge in [0.2, 0.25) is 0 Å². The Hall–Kier alpha value is -3.01. The van der Waals surface area contributed by atoms with E-state index in [-0.39, 0.29) is 4.90 Å². The molecular weight excluding hydrogens is 494 g/mol. The van der Waals surface area contributed by atoms with E-state index in [2.05, 4.69) is 10.5 Å². The molecule has 0 unspecified atom stereocenters. The van der Waals surface area contributed by atoms with Crippen molar-refractivity contribution in [2.45, 2.75) is 16.7 Å². The van der Waals surface area contributed by atoms with Gasteiger partial charge in [-0.15, -0.1) is 11.8 Å². The van der Waals surface area contributed by atoms with Crippen LogP contribution < -0.4 is 14.5 Å². The second-order valence-electron chi connectivity index (χ2n) is 6.96. The van der Waals surface area contributed by atoms with Gasteiger partial charge in [0.25, 0.3) is 15.9 Å². The van der Waals surface area contributed by atoms with E-state index in [0.29, 0.717) is 23.1 Å². The summed E-state index contributed by atoms with van der Waals surface area (Å²) in [6.45, 7) is 1.86. The number of rotatable bonds is 10. The van der Waals surface area contributed by atoms with Crippen molar-refractivity contribution in [2.75, 3.05) is 23.7 Å². The number of sulfonamides is 1. The molecular formula is C24H24ClN3O4S2. The number of thioether (sulfide) groups is 1. The van der Waals surface area contributed by atoms with E-state index in [9.17, 15) is 13.2 Å². The molecule has 0 aromatic heterocycles. The van der Waals surface area contributed by atoms with Crippen molar-refractivity contribution in [2.24, 2.45) is 5.10 Å². The van der Waals surface area contributed by atoms with Crippen LogP contribution in [0.2, 0.25) is 5.02 Å². The van der Waals surface area contributed by atoms with Crippen LogP contribution in [0.4, 0.5) is 5.69 Å². The number of anilines is 1. The maximum Gasteiger partial charge on any atom is 0.264 e. The number of amides is 1. The first-order chi connectivity index (χ1) is 16.3. The second-order valence-corrected chi connectivity index (χ2v) is 10.1. The summed E-state index contributed by atoms with van der Waals surface area (Å²) >= 11 is 7.53. The van der Waals surface area contributed by atoms with Crippen LogP contribution in [-0.2, 0) is 14.8 Å². The van der Waals surface area contributed by atoms with Gasteiger partial charge in [-0.2, -0.15) is 5.10 Å². The lowest BCUT2D eigenvalue weighted by Crippen LogP contribution is -2.39. The zero-order valence-electron chi connectivity index (χ0n) is 18.6. The smallest absolute Gasteiger partial charge is 0.264 e. The van der Waals surface area contributed by atoms with Gasteiger partial charge in [-0.1, -0.05) is 23.7 Å². The lowest BCUT2D eigenvalue weighted by atomic mass is 10.2. The average molecular weight is 518 g/mol. The van der Waals surface area contributed by atoms with Gasteiger partial charge in [-0.05, 0) is 79.4 Å². The molecule has 0 aliphatic heterocycles. The SMILES string of the molecule is CCOc1ccc(N(CC(=O)N/N=C\c2ccc(SC)cc2)S(=O)(=O)c2ccc(Cl)cc2)cc1. The Balaban J connectivity index is 1.81. The highest BCUT2D eigenvalue weighted by Crippen LogP contribution is 2.26. The van der Waals surface area contributed by atoms with Crippen molar-refractivity contribution in [1.82, 2.24) is 5.43 Å². The zero-order chi connectivity index (χ0) is 24.6. The largest absolute Gasteiger partial charge is 0.494 e. The van der Waals surface area contributed by atoms with Gasteiger partial charge in [-0.3, -0.25) is 9.10 Å². The standard InChI is InChI=1S/C24H24ClN3O4S2/c1-3-32-21-10-8-20(9-11-21)28(34(30,31)23-14-6-19(25)7-15-23)17-24(29)27-26-16-18-4-12-22(33-2)13-5-18/h4-16H,3,17H2,1-2H3,(H,27,29)/b26-16-. The molecule has 0 aliphatic carbocycles. The summed E-state index contributed by atoms with van der Waals surface area (Å²) in [4.78, 5) is 13.8. The number of hydrazone groups is 1. The molecule has 0 saturated carbocycles. The molecule has 178 valence electrons. The second kappa shape index (κ2) is 11.9. The maximum absolute atomic E-state index is 13.4. The average Bonchev–Trinajstić information content (AvgIpc) is 2.84. The molecule has 3 aromatic carbocycles. The van der Waals surface area contributed by atoms with E-state index >= 15 is 0 Å². The third-order valence-electron chi connectivity index (χ3n) is 4.64. The minimum absolute atomic E-state index is 0.0102. The molecule has 0 aliphatic rings. The van der Waals surface area contributed by atoms with Crippen molar-refractivity contribution in [3.05, 3.63) is 83.4 Å². The van der Waals surface area contributed by atoms with Gasteiger partial charge >= 0.3 is 0 Å². The highest BCUT2D eigenvalue weighted by atomic mass is 35.5. The monoisotopic (exact) mass is 517 g/mol. The molecule has 3 rings (SSSR count). The van der Waals surface area contributed by atoms with Crippen LogP contribution in [0.3, 0.4) is 0 Å². The van der Waals surface area contributed by atoms with Gasteiger partial charge in [0.1, 0.15) is 12.3 Å². The van der Waals surface area contributed by atoms with Crippen LogP contribution in [0.1, 0.15) is 12.5 Å². The Morgan fingerprint density at radius 3 is 2.29 bits per heavy atom. The van der Waals surface area contributed by atoms with Gasteiger partial charge < -0.3 is 4.74 Å². The van der Waals surface area contributed by atoms with Crippen LogP contribution in [0.25, 0.3) is 0 Å². The lowest BCUT2D eigenvalue weighted by molar-refractivity contribution is -0.119. The Bertz CT molecular complexity index is 1230. The topological polar surface area (TPSA) is 88.1 Å². The summed E-state index contributed by atoms with van der Waals surface area (Å²) in [5, 5.41) is 4.37. The van der Waals surface area contributed by atoms with E-state index < -0.39 is 22.5 Å². The molecule has 7 nitrogen and oxygen atoms in total. The highest BCUT2D eigenvalue weighted by molar-refractivity contribution is 7.98. The number of halogens is 1. The van der Waals surface area contributed by atoms with Crippen molar-refractivity contribution in [1.29, 1.82) is 0 Å². The van der Waals surface area contributed by atoms with Crippen molar-refractivity contribution < 1.29 is 17.9 Å². The highest BCUT2D eigenvalue weighted by Gasteiger charge is 2.27. The molecule has 34 heavy (non-hydrogen) atoms. The molecule has 0 atom stereocenters. The molecule has 0 fully saturated rings. The quantitative estimate of drug-likeness (QED) is 0.237. The number of benzene rings is 3. The molecule has 1 amide bonds. The predicted molar refractivity (Wildman–Crippen MR) is 138 cm³/mol. The molecule has 1 N–H and O–H groups in total. The van der Waals surface area contributed by atoms with Crippen molar-refractivity contribution in [3.63, 3.8) is 0 Å². The number of nitrogens with zero attached hydrogens (tertiary/aromatic N) is 2. The molecule has 0 spiro atoms. The van der Waals surface area contributed by atoms with E-state index in [1.165, 1.54) is 30.5 Å². The normalized spacial score (nSPS) is 11.4. The summed E-state index contributed by atoms with van der Waals surface area (Å²) < 4.78 is 33.2. The van der Waals surface area contributed by atoms with Crippen molar-refractivity contribution >= 4 is 51.2 Å². The minimum Gasteiger partial charge on any atom is -0.494 e. The van der Waals surface area contributed by atoms with Gasteiger partial charge in [0, 0.05) is 9.92 Å². The van der Waals surface area contributed by atoms with Gasteiger partial charge in [0.15, 0.2) is 0 Å². The fourth-order valence-electron chi connectivity index (χ4n) is 2.96. The molecule has 0 saturated heterocycles. The molecule has 0 radical (unpaired) electrons. The van der Waals surface area contributed by atoms with Crippen LogP contribution in [-0.4, -0.2) is 39.9 Å². The molecule has 3 aromatic rings. The minimum atomic E-state index is -4.06.